The van der Waals surface area contributed by atoms with Gasteiger partial charge in [-0.2, -0.15) is 0 Å². The number of nitrogens with one attached hydrogen (secondary N) is 2. The van der Waals surface area contributed by atoms with E-state index in [1.54, 1.807) is 0 Å². The van der Waals surface area contributed by atoms with Gasteiger partial charge in [0.05, 0.1) is 21.8 Å². The van der Waals surface area contributed by atoms with Crippen molar-refractivity contribution in [2.75, 3.05) is 16.8 Å². The van der Waals surface area contributed by atoms with E-state index in [0.717, 1.165) is 5.56 Å². The van der Waals surface area contributed by atoms with Gasteiger partial charge in [0.2, 0.25) is 15.9 Å². The zero-order valence-electron chi connectivity index (χ0n) is 16.3. The summed E-state index contributed by atoms with van der Waals surface area (Å²) in [4.78, 5) is 12.7. The Bertz CT molecular complexity index is 1090. The van der Waals surface area contributed by atoms with Crippen molar-refractivity contribution in [3.63, 3.8) is 0 Å². The van der Waals surface area contributed by atoms with Crippen molar-refractivity contribution < 1.29 is 21.6 Å². The second kappa shape index (κ2) is 7.89. The minimum atomic E-state index is -3.84. The first kappa shape index (κ1) is 21.5. The lowest BCUT2D eigenvalue weighted by Crippen LogP contribution is -2.35. The predicted molar refractivity (Wildman–Crippen MR) is 112 cm³/mol. The fourth-order valence-corrected chi connectivity index (χ4v) is 6.22. The summed E-state index contributed by atoms with van der Waals surface area (Å²) in [6, 6.07) is 14.6. The summed E-state index contributed by atoms with van der Waals surface area (Å²) in [5.74, 6) is -0.411. The van der Waals surface area contributed by atoms with Crippen LogP contribution in [0.1, 0.15) is 25.8 Å². The number of benzene rings is 2. The van der Waals surface area contributed by atoms with Gasteiger partial charge in [-0.15, -0.1) is 0 Å². The van der Waals surface area contributed by atoms with Gasteiger partial charge in [0, 0.05) is 11.7 Å². The van der Waals surface area contributed by atoms with Crippen LogP contribution in [-0.4, -0.2) is 40.3 Å². The fourth-order valence-electron chi connectivity index (χ4n) is 3.17. The van der Waals surface area contributed by atoms with E-state index in [1.165, 1.54) is 24.3 Å². The molecule has 1 aliphatic rings. The van der Waals surface area contributed by atoms with Crippen LogP contribution in [0.5, 0.6) is 0 Å². The number of carbonyl (C=O) groups is 1. The average Bonchev–Trinajstić information content (AvgIpc) is 3.00. The largest absolute Gasteiger partial charge is 0.325 e. The highest BCUT2D eigenvalue weighted by Gasteiger charge is 2.32. The molecule has 0 aliphatic carbocycles. The Balaban J connectivity index is 1.69. The molecule has 1 atom stereocenters. The summed E-state index contributed by atoms with van der Waals surface area (Å²) in [6.07, 6.45) is 0.268. The highest BCUT2D eigenvalue weighted by Crippen LogP contribution is 2.25. The van der Waals surface area contributed by atoms with E-state index in [9.17, 15) is 21.6 Å². The van der Waals surface area contributed by atoms with E-state index in [0.29, 0.717) is 5.69 Å². The molecule has 1 amide bonds. The highest BCUT2D eigenvalue weighted by molar-refractivity contribution is 7.92. The van der Waals surface area contributed by atoms with E-state index in [4.69, 9.17) is 0 Å². The van der Waals surface area contributed by atoms with Crippen molar-refractivity contribution in [2.24, 2.45) is 0 Å². The van der Waals surface area contributed by atoms with Gasteiger partial charge in [0.15, 0.2) is 9.84 Å². The Morgan fingerprint density at radius 1 is 1.03 bits per heavy atom. The average molecular weight is 437 g/mol. The van der Waals surface area contributed by atoms with Crippen molar-refractivity contribution >= 4 is 31.5 Å². The highest BCUT2D eigenvalue weighted by atomic mass is 32.2. The van der Waals surface area contributed by atoms with Gasteiger partial charge >= 0.3 is 0 Å². The Morgan fingerprint density at radius 2 is 1.66 bits per heavy atom. The van der Waals surface area contributed by atoms with Gasteiger partial charge < -0.3 is 5.32 Å². The molecule has 0 spiro atoms. The lowest BCUT2D eigenvalue weighted by molar-refractivity contribution is -0.120. The summed E-state index contributed by atoms with van der Waals surface area (Å²) >= 11 is 0. The molecule has 2 aromatic rings. The van der Waals surface area contributed by atoms with Gasteiger partial charge in [-0.3, -0.25) is 4.79 Å². The fraction of sp³-hybridized carbons (Fsp3) is 0.350. The van der Waals surface area contributed by atoms with E-state index >= 15 is 0 Å². The Hall–Kier alpha value is -2.23. The third-order valence-electron chi connectivity index (χ3n) is 5.04. The molecular weight excluding hydrogens is 412 g/mol. The van der Waals surface area contributed by atoms with Crippen molar-refractivity contribution in [2.45, 2.75) is 36.6 Å². The summed E-state index contributed by atoms with van der Waals surface area (Å²) in [7, 11) is -7.02. The van der Waals surface area contributed by atoms with Crippen LogP contribution in [0.4, 0.5) is 5.69 Å². The third kappa shape index (κ3) is 5.04. The standard InChI is InChI=1S/C20H24N2O5S2/c1-20(2,15-6-4-3-5-7-15)19(23)21-16-8-10-18(11-9-16)29(26,27)22-17-12-13-28(24,25)14-17/h3-11,17,22H,12-14H2,1-2H3,(H,21,23)/t17-/m1/s1. The molecule has 2 N–H and O–H groups in total. The number of anilines is 1. The maximum Gasteiger partial charge on any atom is 0.240 e. The molecule has 29 heavy (non-hydrogen) atoms. The molecule has 0 aromatic heterocycles. The van der Waals surface area contributed by atoms with Crippen molar-refractivity contribution in [1.29, 1.82) is 0 Å². The molecule has 7 nitrogen and oxygen atoms in total. The summed E-state index contributed by atoms with van der Waals surface area (Å²) in [5, 5.41) is 2.81. The number of sulfonamides is 1. The molecular formula is C20H24N2O5S2. The molecule has 1 saturated heterocycles. The summed E-state index contributed by atoms with van der Waals surface area (Å²) in [6.45, 7) is 3.63. The summed E-state index contributed by atoms with van der Waals surface area (Å²) < 4.78 is 50.4. The maximum atomic E-state index is 12.7. The van der Waals surface area contributed by atoms with E-state index in [1.807, 2.05) is 44.2 Å². The molecule has 0 radical (unpaired) electrons. The second-order valence-electron chi connectivity index (χ2n) is 7.69. The minimum Gasteiger partial charge on any atom is -0.325 e. The first-order chi connectivity index (χ1) is 13.5. The number of hydrogen-bond donors (Lipinski definition) is 2. The predicted octanol–water partition coefficient (Wildman–Crippen LogP) is 2.07. The molecule has 3 rings (SSSR count). The van der Waals surface area contributed by atoms with Gasteiger partial charge in [0.1, 0.15) is 0 Å². The first-order valence-corrected chi connectivity index (χ1v) is 12.5. The van der Waals surface area contributed by atoms with Crippen molar-refractivity contribution in [1.82, 2.24) is 4.72 Å². The lowest BCUT2D eigenvalue weighted by atomic mass is 9.83. The Kier molecular flexibility index (Phi) is 5.84. The van der Waals surface area contributed by atoms with E-state index in [2.05, 4.69) is 10.0 Å². The number of hydrogen-bond acceptors (Lipinski definition) is 5. The van der Waals surface area contributed by atoms with Crippen molar-refractivity contribution in [3.05, 3.63) is 60.2 Å². The molecule has 0 unspecified atom stereocenters. The zero-order chi connectivity index (χ0) is 21.3. The SMILES string of the molecule is CC(C)(C(=O)Nc1ccc(S(=O)(=O)N[C@@H]2CCS(=O)(=O)C2)cc1)c1ccccc1. The number of rotatable bonds is 6. The van der Waals surface area contributed by atoms with Crippen LogP contribution >= 0.6 is 0 Å². The van der Waals surface area contributed by atoms with Gasteiger partial charge in [-0.05, 0) is 50.1 Å². The van der Waals surface area contributed by atoms with Crippen molar-refractivity contribution in [3.8, 4) is 0 Å². The minimum absolute atomic E-state index is 0.0116. The molecule has 1 aliphatic heterocycles. The monoisotopic (exact) mass is 436 g/mol. The molecule has 0 bridgehead atoms. The van der Waals surface area contributed by atoms with Crippen LogP contribution < -0.4 is 10.0 Å². The quantitative estimate of drug-likeness (QED) is 0.720. The Labute approximate surface area is 171 Å². The normalized spacial score (nSPS) is 19.0. The number of sulfone groups is 1. The summed E-state index contributed by atoms with van der Waals surface area (Å²) in [5.41, 5.74) is 0.579. The third-order valence-corrected chi connectivity index (χ3v) is 8.34. The van der Waals surface area contributed by atoms with Gasteiger partial charge in [-0.1, -0.05) is 30.3 Å². The molecule has 1 heterocycles. The van der Waals surface area contributed by atoms with Crippen LogP contribution in [0.3, 0.4) is 0 Å². The molecule has 9 heteroatoms. The second-order valence-corrected chi connectivity index (χ2v) is 11.6. The molecule has 0 saturated carbocycles. The van der Waals surface area contributed by atoms with Gasteiger partial charge in [-0.25, -0.2) is 21.6 Å². The van der Waals surface area contributed by atoms with Crippen LogP contribution in [0.15, 0.2) is 59.5 Å². The smallest absolute Gasteiger partial charge is 0.240 e. The van der Waals surface area contributed by atoms with Crippen LogP contribution in [-0.2, 0) is 30.1 Å². The van der Waals surface area contributed by atoms with E-state index < -0.39 is 31.3 Å². The molecule has 156 valence electrons. The van der Waals surface area contributed by atoms with E-state index in [-0.39, 0.29) is 28.7 Å². The number of amides is 1. The first-order valence-electron chi connectivity index (χ1n) is 9.19. The van der Waals surface area contributed by atoms with Crippen LogP contribution in [0.25, 0.3) is 0 Å². The Morgan fingerprint density at radius 3 is 2.21 bits per heavy atom. The molecule has 1 fully saturated rings. The van der Waals surface area contributed by atoms with Gasteiger partial charge in [0.25, 0.3) is 0 Å². The lowest BCUT2D eigenvalue weighted by Gasteiger charge is -2.24. The zero-order valence-corrected chi connectivity index (χ0v) is 17.9. The van der Waals surface area contributed by atoms with Crippen LogP contribution in [0.2, 0.25) is 0 Å². The van der Waals surface area contributed by atoms with Crippen LogP contribution in [0, 0.1) is 0 Å². The maximum absolute atomic E-state index is 12.7. The number of carbonyl (C=O) groups excluding carboxylic acids is 1. The molecule has 2 aromatic carbocycles. The topological polar surface area (TPSA) is 109 Å².